The van der Waals surface area contributed by atoms with Gasteiger partial charge in [0.15, 0.2) is 5.96 Å². The van der Waals surface area contributed by atoms with Crippen LogP contribution in [0.15, 0.2) is 29.3 Å². The topological polar surface area (TPSA) is 48.9 Å². The van der Waals surface area contributed by atoms with Crippen LogP contribution in [0.2, 0.25) is 0 Å². The fourth-order valence-corrected chi connectivity index (χ4v) is 2.55. The zero-order valence-corrected chi connectivity index (χ0v) is 12.9. The van der Waals surface area contributed by atoms with Gasteiger partial charge in [0.1, 0.15) is 5.75 Å². The summed E-state index contributed by atoms with van der Waals surface area (Å²) in [6.07, 6.45) is -1.49. The summed E-state index contributed by atoms with van der Waals surface area (Å²) in [7, 11) is 3.23. The van der Waals surface area contributed by atoms with Crippen LogP contribution >= 0.6 is 0 Å². The van der Waals surface area contributed by atoms with Crippen molar-refractivity contribution in [3.8, 4) is 5.75 Å². The van der Waals surface area contributed by atoms with E-state index in [-0.39, 0.29) is 6.04 Å². The zero-order valence-electron chi connectivity index (χ0n) is 12.9. The summed E-state index contributed by atoms with van der Waals surface area (Å²) in [4.78, 5) is 6.19. The van der Waals surface area contributed by atoms with E-state index in [1.807, 2.05) is 24.3 Å². The molecule has 0 aliphatic carbocycles. The van der Waals surface area contributed by atoms with Crippen molar-refractivity contribution >= 4 is 11.6 Å². The number of anilines is 1. The van der Waals surface area contributed by atoms with Gasteiger partial charge in [-0.25, -0.2) is 8.78 Å². The highest BCUT2D eigenvalue weighted by atomic mass is 19.3. The Morgan fingerprint density at radius 2 is 2.23 bits per heavy atom. The fourth-order valence-electron chi connectivity index (χ4n) is 2.55. The minimum Gasteiger partial charge on any atom is -0.495 e. The molecular formula is C15H22F2N4O. The van der Waals surface area contributed by atoms with Gasteiger partial charge in [0.25, 0.3) is 6.43 Å². The normalized spacial score (nSPS) is 18.7. The summed E-state index contributed by atoms with van der Waals surface area (Å²) >= 11 is 0. The van der Waals surface area contributed by atoms with Gasteiger partial charge in [-0.2, -0.15) is 0 Å². The molecule has 0 bridgehead atoms. The molecule has 7 heteroatoms. The Hall–Kier alpha value is -2.05. The maximum Gasteiger partial charge on any atom is 0.255 e. The summed E-state index contributed by atoms with van der Waals surface area (Å²) in [6.45, 7) is 1.25. The summed E-state index contributed by atoms with van der Waals surface area (Å²) < 4.78 is 29.9. The van der Waals surface area contributed by atoms with Crippen molar-refractivity contribution in [2.75, 3.05) is 38.7 Å². The molecule has 1 heterocycles. The maximum atomic E-state index is 12.2. The van der Waals surface area contributed by atoms with E-state index in [0.29, 0.717) is 5.96 Å². The Kier molecular flexibility index (Phi) is 5.80. The van der Waals surface area contributed by atoms with Crippen molar-refractivity contribution in [3.63, 3.8) is 0 Å². The number of hydrogen-bond donors (Lipinski definition) is 2. The number of nitrogens with zero attached hydrogens (tertiary/aromatic N) is 2. The quantitative estimate of drug-likeness (QED) is 0.642. The van der Waals surface area contributed by atoms with Crippen molar-refractivity contribution in [2.24, 2.45) is 4.99 Å². The molecule has 0 aromatic heterocycles. The Balaban J connectivity index is 1.92. The summed E-state index contributed by atoms with van der Waals surface area (Å²) in [6, 6.07) is 8.02. The van der Waals surface area contributed by atoms with Gasteiger partial charge in [-0.15, -0.1) is 0 Å². The molecule has 22 heavy (non-hydrogen) atoms. The summed E-state index contributed by atoms with van der Waals surface area (Å²) in [5, 5.41) is 5.80. The van der Waals surface area contributed by atoms with E-state index in [9.17, 15) is 8.78 Å². The molecule has 1 aromatic rings. The van der Waals surface area contributed by atoms with E-state index in [1.165, 1.54) is 0 Å². The average molecular weight is 312 g/mol. The molecule has 122 valence electrons. The number of methoxy groups -OCH3 is 1. The number of benzene rings is 1. The Morgan fingerprint density at radius 3 is 2.91 bits per heavy atom. The molecule has 0 amide bonds. The first-order valence-corrected chi connectivity index (χ1v) is 7.27. The van der Waals surface area contributed by atoms with Crippen molar-refractivity contribution < 1.29 is 13.5 Å². The number of rotatable bonds is 5. The van der Waals surface area contributed by atoms with Crippen LogP contribution in [0.4, 0.5) is 14.5 Å². The van der Waals surface area contributed by atoms with E-state index >= 15 is 0 Å². The Morgan fingerprint density at radius 1 is 1.45 bits per heavy atom. The van der Waals surface area contributed by atoms with Gasteiger partial charge in [0.05, 0.1) is 19.3 Å². The standard InChI is InChI=1S/C15H22F2N4O/c1-18-15(19-9-14(16)17)20-11-7-8-21(10-11)12-5-3-4-6-13(12)22-2/h3-6,11,14H,7-10H2,1-2H3,(H2,18,19,20). The number of guanidine groups is 1. The van der Waals surface area contributed by atoms with Crippen LogP contribution in [-0.4, -0.2) is 52.2 Å². The lowest BCUT2D eigenvalue weighted by molar-refractivity contribution is 0.152. The highest BCUT2D eigenvalue weighted by Crippen LogP contribution is 2.30. The number of hydrogen-bond acceptors (Lipinski definition) is 3. The molecule has 5 nitrogen and oxygen atoms in total. The second-order valence-corrected chi connectivity index (χ2v) is 5.09. The lowest BCUT2D eigenvalue weighted by Gasteiger charge is -2.22. The first-order chi connectivity index (χ1) is 10.6. The number of ether oxygens (including phenoxy) is 1. The van der Waals surface area contributed by atoms with Crippen LogP contribution in [0.25, 0.3) is 0 Å². The van der Waals surface area contributed by atoms with Gasteiger partial charge in [-0.3, -0.25) is 4.99 Å². The molecular weight excluding hydrogens is 290 g/mol. The van der Waals surface area contributed by atoms with Crippen LogP contribution < -0.4 is 20.3 Å². The number of halogens is 2. The van der Waals surface area contributed by atoms with Crippen molar-refractivity contribution in [2.45, 2.75) is 18.9 Å². The smallest absolute Gasteiger partial charge is 0.255 e. The molecule has 1 fully saturated rings. The van der Waals surface area contributed by atoms with Crippen molar-refractivity contribution in [1.82, 2.24) is 10.6 Å². The van der Waals surface area contributed by atoms with Crippen LogP contribution in [0.3, 0.4) is 0 Å². The highest BCUT2D eigenvalue weighted by Gasteiger charge is 2.25. The van der Waals surface area contributed by atoms with Gasteiger partial charge in [0, 0.05) is 26.2 Å². The van der Waals surface area contributed by atoms with Crippen LogP contribution in [0, 0.1) is 0 Å². The van der Waals surface area contributed by atoms with Gasteiger partial charge in [0.2, 0.25) is 0 Å². The lowest BCUT2D eigenvalue weighted by Crippen LogP contribution is -2.45. The van der Waals surface area contributed by atoms with Crippen LogP contribution in [0.5, 0.6) is 5.75 Å². The van der Waals surface area contributed by atoms with Gasteiger partial charge in [-0.1, -0.05) is 12.1 Å². The SMILES string of the molecule is CN=C(NCC(F)F)NC1CCN(c2ccccc2OC)C1. The van der Waals surface area contributed by atoms with Crippen LogP contribution in [-0.2, 0) is 0 Å². The second kappa shape index (κ2) is 7.82. The molecule has 2 rings (SSSR count). The Bertz CT molecular complexity index is 510. The van der Waals surface area contributed by atoms with Gasteiger partial charge < -0.3 is 20.3 Å². The summed E-state index contributed by atoms with van der Waals surface area (Å²) in [5.74, 6) is 1.25. The second-order valence-electron chi connectivity index (χ2n) is 5.09. The molecule has 0 spiro atoms. The highest BCUT2D eigenvalue weighted by molar-refractivity contribution is 5.80. The maximum absolute atomic E-state index is 12.2. The Labute approximate surface area is 129 Å². The average Bonchev–Trinajstić information content (AvgIpc) is 2.99. The van der Waals surface area contributed by atoms with Gasteiger partial charge in [-0.05, 0) is 18.6 Å². The summed E-state index contributed by atoms with van der Waals surface area (Å²) in [5.41, 5.74) is 1.05. The van der Waals surface area contributed by atoms with E-state index < -0.39 is 13.0 Å². The third-order valence-corrected chi connectivity index (χ3v) is 3.60. The monoisotopic (exact) mass is 312 g/mol. The van der Waals surface area contributed by atoms with Crippen LogP contribution in [0.1, 0.15) is 6.42 Å². The molecule has 1 aliphatic heterocycles. The van der Waals surface area contributed by atoms with E-state index in [1.54, 1.807) is 14.2 Å². The first kappa shape index (κ1) is 16.3. The molecule has 1 atom stereocenters. The molecule has 1 saturated heterocycles. The van der Waals surface area contributed by atoms with Gasteiger partial charge >= 0.3 is 0 Å². The molecule has 2 N–H and O–H groups in total. The third kappa shape index (κ3) is 4.22. The predicted molar refractivity (Wildman–Crippen MR) is 84.1 cm³/mol. The molecule has 0 radical (unpaired) electrons. The molecule has 1 aliphatic rings. The minimum atomic E-state index is -2.40. The predicted octanol–water partition coefficient (Wildman–Crippen LogP) is 1.70. The van der Waals surface area contributed by atoms with E-state index in [4.69, 9.17) is 4.74 Å². The number of alkyl halides is 2. The minimum absolute atomic E-state index is 0.161. The molecule has 1 unspecified atom stereocenters. The largest absolute Gasteiger partial charge is 0.495 e. The fraction of sp³-hybridized carbons (Fsp3) is 0.533. The molecule has 1 aromatic carbocycles. The van der Waals surface area contributed by atoms with E-state index in [2.05, 4.69) is 20.5 Å². The lowest BCUT2D eigenvalue weighted by atomic mass is 10.2. The molecule has 0 saturated carbocycles. The number of aliphatic imine (C=N–C) groups is 1. The third-order valence-electron chi connectivity index (χ3n) is 3.60. The van der Waals surface area contributed by atoms with E-state index in [0.717, 1.165) is 30.9 Å². The number of para-hydroxylation sites is 2. The number of nitrogens with one attached hydrogen (secondary N) is 2. The van der Waals surface area contributed by atoms with Crippen molar-refractivity contribution in [1.29, 1.82) is 0 Å². The van der Waals surface area contributed by atoms with Crippen molar-refractivity contribution in [3.05, 3.63) is 24.3 Å². The first-order valence-electron chi connectivity index (χ1n) is 7.27. The zero-order chi connectivity index (χ0) is 15.9.